The van der Waals surface area contributed by atoms with Gasteiger partial charge in [-0.05, 0) is 43.4 Å². The van der Waals surface area contributed by atoms with Crippen molar-refractivity contribution in [1.82, 2.24) is 29.9 Å². The van der Waals surface area contributed by atoms with E-state index in [1.165, 1.54) is 12.8 Å². The second-order valence-corrected chi connectivity index (χ2v) is 10.2. The zero-order chi connectivity index (χ0) is 21.9. The van der Waals surface area contributed by atoms with Crippen molar-refractivity contribution in [1.29, 1.82) is 0 Å². The van der Waals surface area contributed by atoms with E-state index in [2.05, 4.69) is 36.2 Å². The molecule has 2 amide bonds. The number of nitrogens with one attached hydrogen (secondary N) is 1. The highest BCUT2D eigenvalue weighted by Crippen LogP contribution is 2.46. The van der Waals surface area contributed by atoms with E-state index in [0.717, 1.165) is 30.9 Å². The fourth-order valence-corrected chi connectivity index (χ4v) is 4.40. The normalized spacial score (nSPS) is 24.8. The van der Waals surface area contributed by atoms with Gasteiger partial charge in [-0.3, -0.25) is 19.2 Å². The summed E-state index contributed by atoms with van der Waals surface area (Å²) in [6.07, 6.45) is 6.77. The van der Waals surface area contributed by atoms with Gasteiger partial charge >= 0.3 is 0 Å². The lowest BCUT2D eigenvalue weighted by Gasteiger charge is -2.23. The van der Waals surface area contributed by atoms with Crippen LogP contribution in [0, 0.1) is 11.3 Å². The average Bonchev–Trinajstić information content (AvgIpc) is 3.61. The van der Waals surface area contributed by atoms with Crippen LogP contribution < -0.4 is 10.2 Å². The Bertz CT molecular complexity index is 1010. The van der Waals surface area contributed by atoms with Gasteiger partial charge in [0.2, 0.25) is 5.82 Å². The summed E-state index contributed by atoms with van der Waals surface area (Å²) >= 11 is 0. The molecule has 2 fully saturated rings. The van der Waals surface area contributed by atoms with Gasteiger partial charge in [0.1, 0.15) is 18.2 Å². The smallest absolute Gasteiger partial charge is 0.291 e. The maximum atomic E-state index is 13.3. The molecule has 9 nitrogen and oxygen atoms in total. The van der Waals surface area contributed by atoms with E-state index in [1.807, 2.05) is 10.7 Å². The van der Waals surface area contributed by atoms with Crippen LogP contribution in [-0.4, -0.2) is 49.4 Å². The second kappa shape index (κ2) is 7.17. The Morgan fingerprint density at radius 2 is 2.03 bits per heavy atom. The molecule has 1 aliphatic heterocycles. The molecule has 1 unspecified atom stereocenters. The third kappa shape index (κ3) is 3.85. The predicted molar refractivity (Wildman–Crippen MR) is 115 cm³/mol. The van der Waals surface area contributed by atoms with Crippen molar-refractivity contribution in [3.63, 3.8) is 0 Å². The van der Waals surface area contributed by atoms with Crippen LogP contribution in [0.2, 0.25) is 0 Å². The summed E-state index contributed by atoms with van der Waals surface area (Å²) in [6.45, 7) is 7.23. The van der Waals surface area contributed by atoms with Gasteiger partial charge in [-0.25, -0.2) is 9.67 Å². The lowest BCUT2D eigenvalue weighted by atomic mass is 9.96. The number of amides is 2. The molecule has 0 aromatic carbocycles. The van der Waals surface area contributed by atoms with Crippen molar-refractivity contribution in [2.24, 2.45) is 11.3 Å². The first-order valence-electron chi connectivity index (χ1n) is 11.3. The summed E-state index contributed by atoms with van der Waals surface area (Å²) in [4.78, 5) is 31.9. The molecule has 31 heavy (non-hydrogen) atoms. The molecule has 0 radical (unpaired) electrons. The number of anilines is 1. The maximum Gasteiger partial charge on any atom is 0.291 e. The van der Waals surface area contributed by atoms with Gasteiger partial charge in [-0.2, -0.15) is 5.10 Å². The Hall–Kier alpha value is -2.71. The highest BCUT2D eigenvalue weighted by atomic mass is 16.2. The topological polar surface area (TPSA) is 97.9 Å². The molecule has 2 atom stereocenters. The van der Waals surface area contributed by atoms with Crippen LogP contribution in [0.25, 0.3) is 0 Å². The summed E-state index contributed by atoms with van der Waals surface area (Å²) in [5, 5.41) is 12.1. The minimum atomic E-state index is -0.649. The Morgan fingerprint density at radius 1 is 1.29 bits per heavy atom. The van der Waals surface area contributed by atoms with Crippen molar-refractivity contribution in [2.75, 3.05) is 11.9 Å². The van der Waals surface area contributed by atoms with Gasteiger partial charge in [-0.1, -0.05) is 20.8 Å². The Kier molecular flexibility index (Phi) is 4.67. The van der Waals surface area contributed by atoms with Crippen molar-refractivity contribution >= 4 is 17.6 Å². The standard InChI is InChI=1S/C22H31N7O2/c1-13(2)17-9-16(21(31)27(4)18-10-15(14-5-6-14)25-29(17)18)24-20(30)19-23-12-28(26-19)11-22(3)7-8-22/h10,12-14,16-17H,5-9,11H2,1-4H3,(H,24,30)/t16-,17?/m0/s1. The quantitative estimate of drug-likeness (QED) is 0.767. The van der Waals surface area contributed by atoms with E-state index in [0.29, 0.717) is 12.3 Å². The zero-order valence-corrected chi connectivity index (χ0v) is 18.7. The Balaban J connectivity index is 1.35. The minimum absolute atomic E-state index is 0.0158. The van der Waals surface area contributed by atoms with Crippen LogP contribution in [0.3, 0.4) is 0 Å². The highest BCUT2D eigenvalue weighted by Gasteiger charge is 2.40. The average molecular weight is 426 g/mol. The maximum absolute atomic E-state index is 13.3. The number of carbonyl (C=O) groups is 2. The number of likely N-dealkylation sites (N-methyl/N-ethyl adjacent to an activating group) is 1. The van der Waals surface area contributed by atoms with Gasteiger partial charge in [0.15, 0.2) is 0 Å². The molecule has 3 aliphatic rings. The molecule has 2 aromatic heterocycles. The lowest BCUT2D eigenvalue weighted by molar-refractivity contribution is -0.120. The fourth-order valence-electron chi connectivity index (χ4n) is 4.40. The van der Waals surface area contributed by atoms with E-state index in [-0.39, 0.29) is 29.1 Å². The molecule has 3 heterocycles. The minimum Gasteiger partial charge on any atom is -0.337 e. The molecule has 1 N–H and O–H groups in total. The van der Waals surface area contributed by atoms with Crippen LogP contribution in [-0.2, 0) is 11.3 Å². The Labute approximate surface area is 182 Å². The van der Waals surface area contributed by atoms with Crippen LogP contribution in [0.1, 0.15) is 81.1 Å². The largest absolute Gasteiger partial charge is 0.337 e. The number of nitrogens with zero attached hydrogens (tertiary/aromatic N) is 6. The van der Waals surface area contributed by atoms with Gasteiger partial charge in [0.25, 0.3) is 11.8 Å². The van der Waals surface area contributed by atoms with E-state index in [4.69, 9.17) is 5.10 Å². The molecule has 2 aliphatic carbocycles. The van der Waals surface area contributed by atoms with Crippen molar-refractivity contribution in [3.05, 3.63) is 23.9 Å². The summed E-state index contributed by atoms with van der Waals surface area (Å²) in [7, 11) is 1.76. The monoisotopic (exact) mass is 425 g/mol. The number of hydrogen-bond acceptors (Lipinski definition) is 5. The summed E-state index contributed by atoms with van der Waals surface area (Å²) in [5.74, 6) is 1.16. The zero-order valence-electron chi connectivity index (χ0n) is 18.7. The molecule has 0 bridgehead atoms. The number of aromatic nitrogens is 5. The van der Waals surface area contributed by atoms with Crippen LogP contribution >= 0.6 is 0 Å². The molecule has 2 saturated carbocycles. The fraction of sp³-hybridized carbons (Fsp3) is 0.682. The molecule has 0 saturated heterocycles. The van der Waals surface area contributed by atoms with Gasteiger partial charge in [0, 0.05) is 25.6 Å². The molecule has 9 heteroatoms. The molecular weight excluding hydrogens is 394 g/mol. The summed E-state index contributed by atoms with van der Waals surface area (Å²) in [5.41, 5.74) is 1.34. The molecule has 166 valence electrons. The Morgan fingerprint density at radius 3 is 2.68 bits per heavy atom. The van der Waals surface area contributed by atoms with Crippen molar-refractivity contribution in [2.45, 2.75) is 77.4 Å². The molecular formula is C22H31N7O2. The number of hydrogen-bond donors (Lipinski definition) is 1. The van der Waals surface area contributed by atoms with E-state index < -0.39 is 11.9 Å². The number of fused-ring (bicyclic) bond motifs is 1. The van der Waals surface area contributed by atoms with Crippen LogP contribution in [0.5, 0.6) is 0 Å². The molecule has 5 rings (SSSR count). The van der Waals surface area contributed by atoms with Gasteiger partial charge in [0.05, 0.1) is 11.7 Å². The van der Waals surface area contributed by atoms with Gasteiger partial charge < -0.3 is 5.32 Å². The van der Waals surface area contributed by atoms with Crippen LogP contribution in [0.4, 0.5) is 5.82 Å². The SMILES string of the molecule is CC(C)C1C[C@H](NC(=O)c2ncn(CC3(C)CC3)n2)C(=O)N(C)c2cc(C3CC3)nn21. The van der Waals surface area contributed by atoms with Gasteiger partial charge in [-0.15, -0.1) is 5.10 Å². The summed E-state index contributed by atoms with van der Waals surface area (Å²) < 4.78 is 3.72. The van der Waals surface area contributed by atoms with E-state index in [9.17, 15) is 9.59 Å². The first-order valence-corrected chi connectivity index (χ1v) is 11.3. The van der Waals surface area contributed by atoms with Crippen LogP contribution in [0.15, 0.2) is 12.4 Å². The molecule has 0 spiro atoms. The third-order valence-corrected chi connectivity index (χ3v) is 6.96. The number of carbonyl (C=O) groups excluding carboxylic acids is 2. The third-order valence-electron chi connectivity index (χ3n) is 6.96. The molecule has 2 aromatic rings. The first-order chi connectivity index (χ1) is 14.7. The summed E-state index contributed by atoms with van der Waals surface area (Å²) in [6, 6.07) is 1.41. The number of rotatable bonds is 6. The first kappa shape index (κ1) is 20.2. The van der Waals surface area contributed by atoms with E-state index >= 15 is 0 Å². The lowest BCUT2D eigenvalue weighted by Crippen LogP contribution is -2.47. The van der Waals surface area contributed by atoms with Crippen molar-refractivity contribution < 1.29 is 9.59 Å². The second-order valence-electron chi connectivity index (χ2n) is 10.2. The van der Waals surface area contributed by atoms with Crippen molar-refractivity contribution in [3.8, 4) is 0 Å². The van der Waals surface area contributed by atoms with E-state index in [1.54, 1.807) is 23.0 Å². The highest BCUT2D eigenvalue weighted by molar-refractivity contribution is 6.01. The predicted octanol–water partition coefficient (Wildman–Crippen LogP) is 2.51.